The zero-order chi connectivity index (χ0) is 21.3. The van der Waals surface area contributed by atoms with Crippen molar-refractivity contribution in [3.05, 3.63) is 63.9 Å². The summed E-state index contributed by atoms with van der Waals surface area (Å²) in [5.41, 5.74) is 1.28. The van der Waals surface area contributed by atoms with Crippen LogP contribution in [-0.4, -0.2) is 26.4 Å². The second kappa shape index (κ2) is 8.96. The number of carbonyl (C=O) groups excluding carboxylic acids is 1. The standard InChI is InChI=1S/C21H19Cl2FN4OS/c1-12(13-6-9-16(22)17(23)10-13)25-19(29)11-30-21-27-26-20(28(21)14-7-8-14)15-4-2-3-5-18(15)24/h2-6,9-10,12,14H,7-8,11H2,1H3,(H,25,29). The number of benzene rings is 2. The Morgan fingerprint density at radius 3 is 2.70 bits per heavy atom. The monoisotopic (exact) mass is 464 g/mol. The Kier molecular flexibility index (Phi) is 6.32. The van der Waals surface area contributed by atoms with Crippen LogP contribution in [0, 0.1) is 5.82 Å². The first-order chi connectivity index (χ1) is 14.4. The quantitative estimate of drug-likeness (QED) is 0.455. The molecule has 1 N–H and O–H groups in total. The van der Waals surface area contributed by atoms with Gasteiger partial charge in [0, 0.05) is 6.04 Å². The van der Waals surface area contributed by atoms with Crippen molar-refractivity contribution in [3.63, 3.8) is 0 Å². The lowest BCUT2D eigenvalue weighted by Gasteiger charge is -2.15. The summed E-state index contributed by atoms with van der Waals surface area (Å²) < 4.78 is 16.2. The lowest BCUT2D eigenvalue weighted by atomic mass is 10.1. The number of halogens is 3. The number of amides is 1. The molecule has 156 valence electrons. The van der Waals surface area contributed by atoms with E-state index < -0.39 is 0 Å². The summed E-state index contributed by atoms with van der Waals surface area (Å²) >= 11 is 13.3. The molecule has 1 amide bonds. The number of nitrogens with one attached hydrogen (secondary N) is 1. The normalized spacial score (nSPS) is 14.5. The molecule has 0 radical (unpaired) electrons. The van der Waals surface area contributed by atoms with Crippen LogP contribution in [0.2, 0.25) is 10.0 Å². The highest BCUT2D eigenvalue weighted by Gasteiger charge is 2.31. The van der Waals surface area contributed by atoms with E-state index in [0.717, 1.165) is 18.4 Å². The van der Waals surface area contributed by atoms with Gasteiger partial charge in [0.1, 0.15) is 5.82 Å². The smallest absolute Gasteiger partial charge is 0.230 e. The van der Waals surface area contributed by atoms with Crippen LogP contribution in [0.5, 0.6) is 0 Å². The Balaban J connectivity index is 1.44. The molecule has 0 bridgehead atoms. The first-order valence-corrected chi connectivity index (χ1v) is 11.2. The van der Waals surface area contributed by atoms with Crippen molar-refractivity contribution in [1.29, 1.82) is 0 Å². The van der Waals surface area contributed by atoms with E-state index in [2.05, 4.69) is 15.5 Å². The second-order valence-corrected chi connectivity index (χ2v) is 8.90. The fourth-order valence-electron chi connectivity index (χ4n) is 3.14. The number of aromatic nitrogens is 3. The Hall–Kier alpha value is -2.09. The minimum atomic E-state index is -0.337. The van der Waals surface area contributed by atoms with Crippen LogP contribution in [0.25, 0.3) is 11.4 Å². The van der Waals surface area contributed by atoms with Gasteiger partial charge in [-0.05, 0) is 49.6 Å². The molecule has 1 aliphatic carbocycles. The summed E-state index contributed by atoms with van der Waals surface area (Å²) in [6, 6.07) is 11.8. The molecule has 1 fully saturated rings. The molecule has 1 saturated carbocycles. The van der Waals surface area contributed by atoms with E-state index in [-0.39, 0.29) is 29.6 Å². The molecule has 1 atom stereocenters. The fraction of sp³-hybridized carbons (Fsp3) is 0.286. The average molecular weight is 465 g/mol. The van der Waals surface area contributed by atoms with Crippen molar-refractivity contribution >= 4 is 40.9 Å². The molecule has 1 aliphatic rings. The molecule has 4 rings (SSSR count). The highest BCUT2D eigenvalue weighted by molar-refractivity contribution is 7.99. The number of nitrogens with zero attached hydrogens (tertiary/aromatic N) is 3. The van der Waals surface area contributed by atoms with Gasteiger partial charge < -0.3 is 5.32 Å². The third kappa shape index (κ3) is 4.63. The highest BCUT2D eigenvalue weighted by atomic mass is 35.5. The predicted octanol–water partition coefficient (Wildman–Crippen LogP) is 5.70. The first-order valence-electron chi connectivity index (χ1n) is 9.51. The molecule has 1 aromatic heterocycles. The van der Waals surface area contributed by atoms with Crippen molar-refractivity contribution in [2.75, 3.05) is 5.75 Å². The van der Waals surface area contributed by atoms with Crippen LogP contribution in [-0.2, 0) is 4.79 Å². The van der Waals surface area contributed by atoms with E-state index in [1.807, 2.05) is 17.6 Å². The van der Waals surface area contributed by atoms with E-state index in [1.165, 1.54) is 17.8 Å². The van der Waals surface area contributed by atoms with Crippen LogP contribution in [0.3, 0.4) is 0 Å². The average Bonchev–Trinajstić information content (AvgIpc) is 3.48. The minimum absolute atomic E-state index is 0.142. The topological polar surface area (TPSA) is 59.8 Å². The molecule has 2 aromatic carbocycles. The molecule has 3 aromatic rings. The Morgan fingerprint density at radius 2 is 2.00 bits per heavy atom. The number of hydrogen-bond donors (Lipinski definition) is 1. The fourth-order valence-corrected chi connectivity index (χ4v) is 4.27. The summed E-state index contributed by atoms with van der Waals surface area (Å²) in [5.74, 6) is 0.198. The van der Waals surface area contributed by atoms with Crippen molar-refractivity contribution in [1.82, 2.24) is 20.1 Å². The third-order valence-corrected chi connectivity index (χ3v) is 6.53. The molecule has 0 spiro atoms. The maximum atomic E-state index is 14.3. The number of hydrogen-bond acceptors (Lipinski definition) is 4. The Morgan fingerprint density at radius 1 is 1.23 bits per heavy atom. The molecule has 0 aliphatic heterocycles. The highest BCUT2D eigenvalue weighted by Crippen LogP contribution is 2.41. The van der Waals surface area contributed by atoms with Gasteiger partial charge in [-0.15, -0.1) is 10.2 Å². The minimum Gasteiger partial charge on any atom is -0.349 e. The Bertz CT molecular complexity index is 1090. The van der Waals surface area contributed by atoms with Gasteiger partial charge in [0.15, 0.2) is 11.0 Å². The van der Waals surface area contributed by atoms with Crippen molar-refractivity contribution < 1.29 is 9.18 Å². The molecular formula is C21H19Cl2FN4OS. The van der Waals surface area contributed by atoms with Crippen LogP contribution in [0.4, 0.5) is 4.39 Å². The number of thioether (sulfide) groups is 1. The van der Waals surface area contributed by atoms with Crippen molar-refractivity contribution in [2.24, 2.45) is 0 Å². The van der Waals surface area contributed by atoms with Gasteiger partial charge in [-0.2, -0.15) is 0 Å². The predicted molar refractivity (Wildman–Crippen MR) is 117 cm³/mol. The van der Waals surface area contributed by atoms with E-state index in [9.17, 15) is 9.18 Å². The zero-order valence-corrected chi connectivity index (χ0v) is 18.4. The molecular weight excluding hydrogens is 446 g/mol. The van der Waals surface area contributed by atoms with Gasteiger partial charge in [-0.25, -0.2) is 4.39 Å². The van der Waals surface area contributed by atoms with Crippen molar-refractivity contribution in [3.8, 4) is 11.4 Å². The van der Waals surface area contributed by atoms with Gasteiger partial charge in [-0.1, -0.05) is 53.2 Å². The third-order valence-electron chi connectivity index (χ3n) is 4.84. The first kappa shape index (κ1) is 21.2. The summed E-state index contributed by atoms with van der Waals surface area (Å²) in [7, 11) is 0. The molecule has 30 heavy (non-hydrogen) atoms. The van der Waals surface area contributed by atoms with Crippen LogP contribution in [0.15, 0.2) is 47.6 Å². The molecule has 0 saturated heterocycles. The van der Waals surface area contributed by atoms with E-state index in [0.29, 0.717) is 26.6 Å². The zero-order valence-electron chi connectivity index (χ0n) is 16.1. The SMILES string of the molecule is CC(NC(=O)CSc1nnc(-c2ccccc2F)n1C1CC1)c1ccc(Cl)c(Cl)c1. The van der Waals surface area contributed by atoms with Gasteiger partial charge >= 0.3 is 0 Å². The summed E-state index contributed by atoms with van der Waals surface area (Å²) in [4.78, 5) is 12.5. The molecule has 1 unspecified atom stereocenters. The summed E-state index contributed by atoms with van der Waals surface area (Å²) in [5, 5.41) is 12.9. The molecule has 5 nitrogen and oxygen atoms in total. The van der Waals surface area contributed by atoms with Crippen LogP contribution >= 0.6 is 35.0 Å². The van der Waals surface area contributed by atoms with E-state index >= 15 is 0 Å². The van der Waals surface area contributed by atoms with Crippen LogP contribution in [0.1, 0.15) is 37.4 Å². The molecule has 9 heteroatoms. The van der Waals surface area contributed by atoms with Gasteiger partial charge in [0.05, 0.1) is 27.4 Å². The summed E-state index contributed by atoms with van der Waals surface area (Å²) in [6.07, 6.45) is 1.99. The van der Waals surface area contributed by atoms with Gasteiger partial charge in [0.2, 0.25) is 5.91 Å². The lowest BCUT2D eigenvalue weighted by molar-refractivity contribution is -0.119. The summed E-state index contributed by atoms with van der Waals surface area (Å²) in [6.45, 7) is 1.88. The van der Waals surface area contributed by atoms with E-state index in [4.69, 9.17) is 23.2 Å². The number of carbonyl (C=O) groups is 1. The van der Waals surface area contributed by atoms with Gasteiger partial charge in [0.25, 0.3) is 0 Å². The maximum Gasteiger partial charge on any atom is 0.230 e. The van der Waals surface area contributed by atoms with Gasteiger partial charge in [-0.3, -0.25) is 9.36 Å². The van der Waals surface area contributed by atoms with Crippen molar-refractivity contribution in [2.45, 2.75) is 37.0 Å². The largest absolute Gasteiger partial charge is 0.349 e. The molecule has 1 heterocycles. The van der Waals surface area contributed by atoms with E-state index in [1.54, 1.807) is 30.3 Å². The second-order valence-electron chi connectivity index (χ2n) is 7.14. The van der Waals surface area contributed by atoms with Crippen LogP contribution < -0.4 is 5.32 Å². The maximum absolute atomic E-state index is 14.3. The lowest BCUT2D eigenvalue weighted by Crippen LogP contribution is -2.28. The Labute approximate surface area is 188 Å². The number of rotatable bonds is 7.